The minimum Gasteiger partial charge on any atom is -0.329 e. The average molecular weight is 343 g/mol. The van der Waals surface area contributed by atoms with Crippen molar-refractivity contribution in [2.45, 2.75) is 12.6 Å². The lowest BCUT2D eigenvalue weighted by molar-refractivity contribution is 0.245. The zero-order valence-electron chi connectivity index (χ0n) is 10.6. The maximum Gasteiger partial charge on any atom is 0.123 e. The lowest BCUT2D eigenvalue weighted by atomic mass is 10.1. The fourth-order valence-electron chi connectivity index (χ4n) is 2.01. The molecule has 0 aliphatic rings. The second-order valence-electron chi connectivity index (χ2n) is 4.43. The number of likely N-dealkylation sites (N-methyl/N-ethyl adjacent to an activating group) is 1. The molecule has 2 nitrogen and oxygen atoms in total. The van der Waals surface area contributed by atoms with Gasteiger partial charge in [-0.05, 0) is 52.8 Å². The van der Waals surface area contributed by atoms with E-state index in [1.165, 1.54) is 17.0 Å². The van der Waals surface area contributed by atoms with Gasteiger partial charge in [0, 0.05) is 18.0 Å². The highest BCUT2D eigenvalue weighted by molar-refractivity contribution is 9.11. The van der Waals surface area contributed by atoms with Crippen molar-refractivity contribution in [3.05, 3.63) is 56.4 Å². The zero-order valence-corrected chi connectivity index (χ0v) is 13.0. The molecule has 0 aliphatic heterocycles. The first-order chi connectivity index (χ1) is 9.10. The van der Waals surface area contributed by atoms with Crippen molar-refractivity contribution in [1.29, 1.82) is 0 Å². The fraction of sp³-hybridized carbons (Fsp3) is 0.286. The molecule has 1 aromatic carbocycles. The topological polar surface area (TPSA) is 29.3 Å². The van der Waals surface area contributed by atoms with Gasteiger partial charge in [-0.25, -0.2) is 4.39 Å². The Balaban J connectivity index is 2.08. The fourth-order valence-corrected chi connectivity index (χ4v) is 3.61. The first-order valence-corrected chi connectivity index (χ1v) is 7.61. The summed E-state index contributed by atoms with van der Waals surface area (Å²) in [7, 11) is 2.04. The Kier molecular flexibility index (Phi) is 5.10. The number of hydrogen-bond donors (Lipinski definition) is 1. The van der Waals surface area contributed by atoms with Crippen molar-refractivity contribution < 1.29 is 4.39 Å². The molecule has 0 bridgehead atoms. The third-order valence-electron chi connectivity index (χ3n) is 3.02. The lowest BCUT2D eigenvalue weighted by Gasteiger charge is -2.26. The summed E-state index contributed by atoms with van der Waals surface area (Å²) in [5.41, 5.74) is 6.96. The van der Waals surface area contributed by atoms with E-state index in [0.717, 1.165) is 15.9 Å². The molecule has 1 heterocycles. The van der Waals surface area contributed by atoms with Gasteiger partial charge in [-0.3, -0.25) is 4.90 Å². The van der Waals surface area contributed by atoms with Gasteiger partial charge in [-0.2, -0.15) is 0 Å². The number of rotatable bonds is 5. The highest BCUT2D eigenvalue weighted by atomic mass is 79.9. The largest absolute Gasteiger partial charge is 0.329 e. The number of thiophene rings is 1. The smallest absolute Gasteiger partial charge is 0.123 e. The third-order valence-corrected chi connectivity index (χ3v) is 4.75. The van der Waals surface area contributed by atoms with Crippen LogP contribution in [0.3, 0.4) is 0 Å². The van der Waals surface area contributed by atoms with Crippen LogP contribution in [0.4, 0.5) is 4.39 Å². The SMILES string of the molecule is CN(Cc1ccc(F)cc1)C(CN)c1ccc(Br)s1. The molecule has 0 spiro atoms. The summed E-state index contributed by atoms with van der Waals surface area (Å²) in [4.78, 5) is 3.42. The molecule has 0 aliphatic carbocycles. The molecule has 0 saturated carbocycles. The van der Waals surface area contributed by atoms with Crippen molar-refractivity contribution in [2.24, 2.45) is 5.73 Å². The second-order valence-corrected chi connectivity index (χ2v) is 6.93. The van der Waals surface area contributed by atoms with Crippen molar-refractivity contribution >= 4 is 27.3 Å². The maximum atomic E-state index is 12.9. The van der Waals surface area contributed by atoms with Crippen LogP contribution in [0.1, 0.15) is 16.5 Å². The van der Waals surface area contributed by atoms with Crippen molar-refractivity contribution in [2.75, 3.05) is 13.6 Å². The molecule has 0 fully saturated rings. The Morgan fingerprint density at radius 1 is 1.26 bits per heavy atom. The van der Waals surface area contributed by atoms with Crippen LogP contribution in [0.2, 0.25) is 0 Å². The Labute approximate surface area is 125 Å². The van der Waals surface area contributed by atoms with E-state index in [0.29, 0.717) is 6.54 Å². The molecular weight excluding hydrogens is 327 g/mol. The van der Waals surface area contributed by atoms with E-state index in [4.69, 9.17) is 5.73 Å². The van der Waals surface area contributed by atoms with Crippen LogP contribution >= 0.6 is 27.3 Å². The molecule has 2 aromatic rings. The van der Waals surface area contributed by atoms with Gasteiger partial charge in [0.1, 0.15) is 5.82 Å². The Hall–Kier alpha value is -0.750. The molecule has 2 N–H and O–H groups in total. The Morgan fingerprint density at radius 3 is 2.47 bits per heavy atom. The highest BCUT2D eigenvalue weighted by Gasteiger charge is 2.17. The second kappa shape index (κ2) is 6.61. The first kappa shape index (κ1) is 14.7. The van der Waals surface area contributed by atoms with Gasteiger partial charge < -0.3 is 5.73 Å². The minimum absolute atomic E-state index is 0.182. The predicted octanol–water partition coefficient (Wildman–Crippen LogP) is 3.78. The van der Waals surface area contributed by atoms with Crippen LogP contribution in [0.5, 0.6) is 0 Å². The maximum absolute atomic E-state index is 12.9. The van der Waals surface area contributed by atoms with E-state index in [2.05, 4.69) is 26.9 Å². The van der Waals surface area contributed by atoms with Crippen LogP contribution in [-0.2, 0) is 6.54 Å². The first-order valence-electron chi connectivity index (χ1n) is 6.00. The summed E-state index contributed by atoms with van der Waals surface area (Å²) in [6.45, 7) is 1.31. The number of nitrogens with zero attached hydrogens (tertiary/aromatic N) is 1. The van der Waals surface area contributed by atoms with E-state index >= 15 is 0 Å². The molecule has 0 amide bonds. The quantitative estimate of drug-likeness (QED) is 0.895. The van der Waals surface area contributed by atoms with Gasteiger partial charge in [0.2, 0.25) is 0 Å². The van der Waals surface area contributed by atoms with Gasteiger partial charge >= 0.3 is 0 Å². The van der Waals surface area contributed by atoms with Gasteiger partial charge in [0.05, 0.1) is 9.83 Å². The van der Waals surface area contributed by atoms with E-state index in [1.54, 1.807) is 11.3 Å². The number of nitrogens with two attached hydrogens (primary N) is 1. The summed E-state index contributed by atoms with van der Waals surface area (Å²) >= 11 is 5.17. The predicted molar refractivity (Wildman–Crippen MR) is 81.7 cm³/mol. The average Bonchev–Trinajstić information content (AvgIpc) is 2.80. The molecule has 19 heavy (non-hydrogen) atoms. The van der Waals surface area contributed by atoms with Crippen molar-refractivity contribution in [3.8, 4) is 0 Å². The van der Waals surface area contributed by atoms with Gasteiger partial charge in [0.25, 0.3) is 0 Å². The summed E-state index contributed by atoms with van der Waals surface area (Å²) in [6, 6.07) is 10.9. The zero-order chi connectivity index (χ0) is 13.8. The molecule has 1 atom stereocenters. The summed E-state index contributed by atoms with van der Waals surface area (Å²) in [5.74, 6) is -0.205. The van der Waals surface area contributed by atoms with Gasteiger partial charge in [0.15, 0.2) is 0 Å². The number of hydrogen-bond acceptors (Lipinski definition) is 3. The monoisotopic (exact) mass is 342 g/mol. The van der Waals surface area contributed by atoms with Crippen LogP contribution in [0.15, 0.2) is 40.2 Å². The van der Waals surface area contributed by atoms with Gasteiger partial charge in [-0.15, -0.1) is 11.3 Å². The molecule has 2 rings (SSSR count). The normalized spacial score (nSPS) is 12.9. The minimum atomic E-state index is -0.205. The Morgan fingerprint density at radius 2 is 1.95 bits per heavy atom. The van der Waals surface area contributed by atoms with Crippen LogP contribution in [0, 0.1) is 5.82 Å². The standard InChI is InChI=1S/C14H16BrFN2S/c1-18(9-10-2-4-11(16)5-3-10)12(8-17)13-6-7-14(15)19-13/h2-7,12H,8-9,17H2,1H3. The van der Waals surface area contributed by atoms with E-state index in [9.17, 15) is 4.39 Å². The summed E-state index contributed by atoms with van der Waals surface area (Å²) in [5, 5.41) is 0. The number of benzene rings is 1. The highest BCUT2D eigenvalue weighted by Crippen LogP contribution is 2.30. The van der Waals surface area contributed by atoms with Gasteiger partial charge in [-0.1, -0.05) is 12.1 Å². The third kappa shape index (κ3) is 3.86. The molecule has 1 unspecified atom stereocenters. The molecule has 5 heteroatoms. The van der Waals surface area contributed by atoms with Crippen LogP contribution in [0.25, 0.3) is 0 Å². The number of halogens is 2. The van der Waals surface area contributed by atoms with E-state index < -0.39 is 0 Å². The van der Waals surface area contributed by atoms with E-state index in [-0.39, 0.29) is 11.9 Å². The summed E-state index contributed by atoms with van der Waals surface area (Å²) < 4.78 is 14.0. The van der Waals surface area contributed by atoms with E-state index in [1.807, 2.05) is 25.2 Å². The van der Waals surface area contributed by atoms with Crippen LogP contribution in [-0.4, -0.2) is 18.5 Å². The summed E-state index contributed by atoms with van der Waals surface area (Å²) in [6.07, 6.45) is 0. The van der Waals surface area contributed by atoms with Crippen molar-refractivity contribution in [1.82, 2.24) is 4.90 Å². The lowest BCUT2D eigenvalue weighted by Crippen LogP contribution is -2.29. The molecule has 0 saturated heterocycles. The molecule has 102 valence electrons. The van der Waals surface area contributed by atoms with Crippen molar-refractivity contribution in [3.63, 3.8) is 0 Å². The Bertz CT molecular complexity index is 526. The molecular formula is C14H16BrFN2S. The molecule has 0 radical (unpaired) electrons. The van der Waals surface area contributed by atoms with Crippen LogP contribution < -0.4 is 5.73 Å². The molecule has 1 aromatic heterocycles.